The molecule has 136 valence electrons. The van der Waals surface area contributed by atoms with Gasteiger partial charge in [-0.15, -0.1) is 0 Å². The summed E-state index contributed by atoms with van der Waals surface area (Å²) in [5.41, 5.74) is -2.23. The van der Waals surface area contributed by atoms with Gasteiger partial charge in [0, 0.05) is 25.9 Å². The van der Waals surface area contributed by atoms with Crippen LogP contribution >= 0.6 is 0 Å². The SMILES string of the molecule is Cc1cc(C(F)(F)F)nn1[C@H](C)C(=O)Nc1cc(=O)n(C)c(=O)n1C. The van der Waals surface area contributed by atoms with E-state index in [1.165, 1.54) is 27.9 Å². The fourth-order valence-corrected chi connectivity index (χ4v) is 2.21. The van der Waals surface area contributed by atoms with E-state index in [1.54, 1.807) is 0 Å². The molecule has 1 amide bonds. The summed E-state index contributed by atoms with van der Waals surface area (Å²) < 4.78 is 41.0. The highest BCUT2D eigenvalue weighted by molar-refractivity contribution is 5.92. The molecule has 2 rings (SSSR count). The van der Waals surface area contributed by atoms with Crippen LogP contribution in [0.3, 0.4) is 0 Å². The van der Waals surface area contributed by atoms with Gasteiger partial charge in [-0.1, -0.05) is 0 Å². The van der Waals surface area contributed by atoms with Crippen molar-refractivity contribution in [3.8, 4) is 0 Å². The molecule has 0 aromatic carbocycles. The number of amides is 1. The van der Waals surface area contributed by atoms with Gasteiger partial charge in [-0.25, -0.2) is 4.79 Å². The minimum absolute atomic E-state index is 0.0641. The third-order valence-electron chi connectivity index (χ3n) is 3.74. The first-order valence-corrected chi connectivity index (χ1v) is 7.14. The summed E-state index contributed by atoms with van der Waals surface area (Å²) in [6.45, 7) is 2.74. The van der Waals surface area contributed by atoms with Gasteiger partial charge in [-0.05, 0) is 19.9 Å². The second-order valence-corrected chi connectivity index (χ2v) is 5.55. The summed E-state index contributed by atoms with van der Waals surface area (Å²) in [5.74, 6) is -0.783. The minimum Gasteiger partial charge on any atom is -0.310 e. The van der Waals surface area contributed by atoms with E-state index in [9.17, 15) is 27.6 Å². The zero-order valence-corrected chi connectivity index (χ0v) is 13.9. The Morgan fingerprint density at radius 1 is 1.20 bits per heavy atom. The minimum atomic E-state index is -4.62. The van der Waals surface area contributed by atoms with Gasteiger partial charge in [0.15, 0.2) is 5.69 Å². The number of alkyl halides is 3. The van der Waals surface area contributed by atoms with Gasteiger partial charge >= 0.3 is 11.9 Å². The molecule has 2 heterocycles. The van der Waals surface area contributed by atoms with Crippen LogP contribution in [0.1, 0.15) is 24.4 Å². The number of nitrogens with one attached hydrogen (secondary N) is 1. The van der Waals surface area contributed by atoms with Crippen molar-refractivity contribution in [2.45, 2.75) is 26.1 Å². The Labute approximate surface area is 139 Å². The number of carbonyl (C=O) groups is 1. The van der Waals surface area contributed by atoms with E-state index in [0.717, 1.165) is 25.9 Å². The Bertz CT molecular complexity index is 939. The van der Waals surface area contributed by atoms with Crippen LogP contribution in [-0.2, 0) is 25.1 Å². The van der Waals surface area contributed by atoms with Crippen molar-refractivity contribution in [3.05, 3.63) is 44.4 Å². The predicted molar refractivity (Wildman–Crippen MR) is 82.2 cm³/mol. The molecule has 0 unspecified atom stereocenters. The van der Waals surface area contributed by atoms with Crippen LogP contribution in [0.15, 0.2) is 21.7 Å². The summed E-state index contributed by atoms with van der Waals surface area (Å²) in [5, 5.41) is 5.77. The van der Waals surface area contributed by atoms with E-state index in [0.29, 0.717) is 0 Å². The van der Waals surface area contributed by atoms with Crippen LogP contribution in [0.5, 0.6) is 0 Å². The fraction of sp³-hybridized carbons (Fsp3) is 0.429. The lowest BCUT2D eigenvalue weighted by molar-refractivity contribution is -0.141. The number of nitrogens with zero attached hydrogens (tertiary/aromatic N) is 4. The molecule has 0 saturated carbocycles. The highest BCUT2D eigenvalue weighted by Gasteiger charge is 2.35. The average molecular weight is 359 g/mol. The first-order valence-electron chi connectivity index (χ1n) is 7.14. The zero-order chi connectivity index (χ0) is 19.1. The first-order chi connectivity index (χ1) is 11.4. The molecule has 0 aliphatic carbocycles. The quantitative estimate of drug-likeness (QED) is 0.878. The monoisotopic (exact) mass is 359 g/mol. The van der Waals surface area contributed by atoms with E-state index < -0.39 is 35.1 Å². The Kier molecular flexibility index (Phi) is 4.60. The van der Waals surface area contributed by atoms with Crippen molar-refractivity contribution >= 4 is 11.7 Å². The van der Waals surface area contributed by atoms with Crippen LogP contribution in [0.2, 0.25) is 0 Å². The van der Waals surface area contributed by atoms with Crippen molar-refractivity contribution in [2.24, 2.45) is 14.1 Å². The molecule has 2 aromatic heterocycles. The summed E-state index contributed by atoms with van der Waals surface area (Å²) in [7, 11) is 2.63. The van der Waals surface area contributed by atoms with Gasteiger partial charge in [-0.2, -0.15) is 18.3 Å². The summed E-state index contributed by atoms with van der Waals surface area (Å²) in [6.07, 6.45) is -4.62. The van der Waals surface area contributed by atoms with Gasteiger partial charge in [-0.3, -0.25) is 23.4 Å². The van der Waals surface area contributed by atoms with Crippen molar-refractivity contribution in [1.29, 1.82) is 0 Å². The van der Waals surface area contributed by atoms with Gasteiger partial charge in [0.25, 0.3) is 5.56 Å². The third kappa shape index (κ3) is 3.49. The molecule has 0 radical (unpaired) electrons. The van der Waals surface area contributed by atoms with Gasteiger partial charge in [0.1, 0.15) is 11.9 Å². The fourth-order valence-electron chi connectivity index (χ4n) is 2.21. The summed E-state index contributed by atoms with van der Waals surface area (Å²) in [6, 6.07) is 0.788. The number of aromatic nitrogens is 4. The summed E-state index contributed by atoms with van der Waals surface area (Å²) in [4.78, 5) is 35.8. The number of hydrogen-bond acceptors (Lipinski definition) is 4. The average Bonchev–Trinajstić information content (AvgIpc) is 2.91. The molecule has 8 nitrogen and oxygen atoms in total. The second kappa shape index (κ2) is 6.22. The zero-order valence-electron chi connectivity index (χ0n) is 13.9. The van der Waals surface area contributed by atoms with Crippen molar-refractivity contribution in [1.82, 2.24) is 18.9 Å². The smallest absolute Gasteiger partial charge is 0.310 e. The largest absolute Gasteiger partial charge is 0.435 e. The molecular weight excluding hydrogens is 343 g/mol. The van der Waals surface area contributed by atoms with Crippen LogP contribution in [0, 0.1) is 6.92 Å². The predicted octanol–water partition coefficient (Wildman–Crippen LogP) is 0.807. The topological polar surface area (TPSA) is 90.9 Å². The molecule has 0 saturated heterocycles. The van der Waals surface area contributed by atoms with Crippen molar-refractivity contribution < 1.29 is 18.0 Å². The van der Waals surface area contributed by atoms with E-state index in [4.69, 9.17) is 0 Å². The van der Waals surface area contributed by atoms with E-state index in [-0.39, 0.29) is 11.5 Å². The normalized spacial score (nSPS) is 12.9. The van der Waals surface area contributed by atoms with Crippen LogP contribution in [-0.4, -0.2) is 24.8 Å². The molecular formula is C14H16F3N5O3. The number of halogens is 3. The number of aryl methyl sites for hydroxylation is 1. The van der Waals surface area contributed by atoms with Gasteiger partial charge in [0.05, 0.1) is 0 Å². The number of carbonyl (C=O) groups excluding carboxylic acids is 1. The summed E-state index contributed by atoms with van der Waals surface area (Å²) >= 11 is 0. The van der Waals surface area contributed by atoms with Gasteiger partial charge in [0.2, 0.25) is 5.91 Å². The molecule has 0 aliphatic rings. The van der Waals surface area contributed by atoms with Crippen LogP contribution < -0.4 is 16.6 Å². The van der Waals surface area contributed by atoms with E-state index in [2.05, 4.69) is 10.4 Å². The second-order valence-electron chi connectivity index (χ2n) is 5.55. The number of anilines is 1. The van der Waals surface area contributed by atoms with Crippen LogP contribution in [0.4, 0.5) is 19.0 Å². The Balaban J connectivity index is 2.32. The first kappa shape index (κ1) is 18.5. The molecule has 0 fully saturated rings. The number of rotatable bonds is 3. The van der Waals surface area contributed by atoms with E-state index in [1.807, 2.05) is 0 Å². The maximum atomic E-state index is 12.7. The van der Waals surface area contributed by atoms with Crippen molar-refractivity contribution in [2.75, 3.05) is 5.32 Å². The molecule has 0 bridgehead atoms. The standard InChI is InChI=1S/C14H16F3N5O3/c1-7-5-9(14(15,16)17)19-22(7)8(2)12(24)18-10-6-11(23)21(4)13(25)20(10)3/h5-6,8H,1-4H3,(H,18,24)/t8-/m1/s1. The third-order valence-corrected chi connectivity index (χ3v) is 3.74. The molecule has 25 heavy (non-hydrogen) atoms. The molecule has 0 aliphatic heterocycles. The highest BCUT2D eigenvalue weighted by Crippen LogP contribution is 2.29. The van der Waals surface area contributed by atoms with E-state index >= 15 is 0 Å². The highest BCUT2D eigenvalue weighted by atomic mass is 19.4. The maximum absolute atomic E-state index is 12.7. The lowest BCUT2D eigenvalue weighted by Crippen LogP contribution is -2.38. The van der Waals surface area contributed by atoms with Crippen LogP contribution in [0.25, 0.3) is 0 Å². The lowest BCUT2D eigenvalue weighted by Gasteiger charge is -2.16. The Morgan fingerprint density at radius 2 is 1.80 bits per heavy atom. The van der Waals surface area contributed by atoms with Crippen molar-refractivity contribution in [3.63, 3.8) is 0 Å². The Morgan fingerprint density at radius 3 is 2.32 bits per heavy atom. The molecule has 2 aromatic rings. The molecule has 11 heteroatoms. The number of hydrogen-bond donors (Lipinski definition) is 1. The molecule has 0 spiro atoms. The Hall–Kier alpha value is -2.85. The van der Waals surface area contributed by atoms with Gasteiger partial charge < -0.3 is 5.32 Å². The lowest BCUT2D eigenvalue weighted by atomic mass is 10.3. The molecule has 1 N–H and O–H groups in total. The molecule has 1 atom stereocenters. The maximum Gasteiger partial charge on any atom is 0.435 e.